The van der Waals surface area contributed by atoms with Gasteiger partial charge in [-0.1, -0.05) is 78.9 Å². The summed E-state index contributed by atoms with van der Waals surface area (Å²) in [5, 5.41) is 0. The molecule has 4 aromatic carbocycles. The minimum atomic E-state index is 0.383. The Bertz CT molecular complexity index is 1240. The number of hydrogen-bond donors (Lipinski definition) is 0. The molecule has 32 heavy (non-hydrogen) atoms. The summed E-state index contributed by atoms with van der Waals surface area (Å²) < 4.78 is 12.2. The normalized spacial score (nSPS) is 19.2. The van der Waals surface area contributed by atoms with Gasteiger partial charge in [-0.3, -0.25) is 0 Å². The summed E-state index contributed by atoms with van der Waals surface area (Å²) in [5.74, 6) is 2.84. The molecule has 6 rings (SSSR count). The van der Waals surface area contributed by atoms with Gasteiger partial charge >= 0.3 is 0 Å². The second-order valence-electron chi connectivity index (χ2n) is 8.89. The van der Waals surface area contributed by atoms with Crippen molar-refractivity contribution in [3.63, 3.8) is 0 Å². The lowest BCUT2D eigenvalue weighted by atomic mass is 9.87. The predicted octanol–water partition coefficient (Wildman–Crippen LogP) is 6.79. The minimum Gasteiger partial charge on any atom is -0.493 e. The first-order valence-electron chi connectivity index (χ1n) is 11.5. The number of hydrogen-bond acceptors (Lipinski definition) is 2. The second-order valence-corrected chi connectivity index (χ2v) is 8.89. The summed E-state index contributed by atoms with van der Waals surface area (Å²) in [7, 11) is 0. The molecule has 0 saturated heterocycles. The Morgan fingerprint density at radius 1 is 0.500 bits per heavy atom. The van der Waals surface area contributed by atoms with Gasteiger partial charge < -0.3 is 9.47 Å². The van der Waals surface area contributed by atoms with Crippen LogP contribution in [-0.2, 0) is 12.8 Å². The fourth-order valence-corrected chi connectivity index (χ4v) is 5.03. The van der Waals surface area contributed by atoms with Crippen LogP contribution in [0.2, 0.25) is 0 Å². The van der Waals surface area contributed by atoms with E-state index in [1.807, 2.05) is 6.07 Å². The maximum atomic E-state index is 6.12. The van der Waals surface area contributed by atoms with E-state index in [1.165, 1.54) is 33.4 Å². The molecule has 0 N–H and O–H groups in total. The number of para-hydroxylation sites is 1. The van der Waals surface area contributed by atoms with E-state index in [4.69, 9.17) is 9.47 Å². The van der Waals surface area contributed by atoms with Crippen molar-refractivity contribution in [3.05, 3.63) is 119 Å². The van der Waals surface area contributed by atoms with E-state index in [-0.39, 0.29) is 0 Å². The summed E-state index contributed by atoms with van der Waals surface area (Å²) in [5.41, 5.74) is 7.79. The summed E-state index contributed by atoms with van der Waals surface area (Å²) in [6.07, 6.45) is 2.04. The smallest absolute Gasteiger partial charge is 0.122 e. The molecule has 2 atom stereocenters. The molecule has 2 heteroatoms. The van der Waals surface area contributed by atoms with Gasteiger partial charge in [0.25, 0.3) is 0 Å². The van der Waals surface area contributed by atoms with Gasteiger partial charge in [0.2, 0.25) is 0 Å². The molecule has 2 aliphatic rings. The average Bonchev–Trinajstić information content (AvgIpc) is 2.88. The van der Waals surface area contributed by atoms with Crippen LogP contribution in [0.4, 0.5) is 0 Å². The van der Waals surface area contributed by atoms with E-state index in [2.05, 4.69) is 91.0 Å². The minimum absolute atomic E-state index is 0.383. The van der Waals surface area contributed by atoms with Gasteiger partial charge in [0, 0.05) is 11.8 Å². The van der Waals surface area contributed by atoms with Crippen LogP contribution >= 0.6 is 0 Å². The lowest BCUT2D eigenvalue weighted by molar-refractivity contribution is 0.262. The van der Waals surface area contributed by atoms with Crippen molar-refractivity contribution in [2.75, 3.05) is 13.2 Å². The van der Waals surface area contributed by atoms with Crippen LogP contribution in [-0.4, -0.2) is 13.2 Å². The SMILES string of the molecule is c1ccc(C2COc3ccc(-c4cccc(C5COc6ccccc6C5)c4)cc3C2)cc1. The van der Waals surface area contributed by atoms with Gasteiger partial charge in [-0.2, -0.15) is 0 Å². The van der Waals surface area contributed by atoms with Crippen LogP contribution in [0, 0.1) is 0 Å². The molecule has 2 aliphatic heterocycles. The van der Waals surface area contributed by atoms with Crippen molar-refractivity contribution in [3.8, 4) is 22.6 Å². The third kappa shape index (κ3) is 3.67. The lowest BCUT2D eigenvalue weighted by Gasteiger charge is -2.27. The Kier molecular flexibility index (Phi) is 4.92. The number of ether oxygens (including phenoxy) is 2. The summed E-state index contributed by atoms with van der Waals surface area (Å²) >= 11 is 0. The number of rotatable bonds is 3. The third-order valence-electron chi connectivity index (χ3n) is 6.81. The molecule has 0 spiro atoms. The number of benzene rings is 4. The maximum absolute atomic E-state index is 6.12. The van der Waals surface area contributed by atoms with Crippen LogP contribution in [0.3, 0.4) is 0 Å². The largest absolute Gasteiger partial charge is 0.493 e. The molecule has 0 fully saturated rings. The third-order valence-corrected chi connectivity index (χ3v) is 6.81. The average molecular weight is 419 g/mol. The Morgan fingerprint density at radius 2 is 1.16 bits per heavy atom. The first-order chi connectivity index (χ1) is 15.8. The summed E-state index contributed by atoms with van der Waals surface area (Å²) in [6.45, 7) is 1.48. The highest BCUT2D eigenvalue weighted by atomic mass is 16.5. The summed E-state index contributed by atoms with van der Waals surface area (Å²) in [6, 6.07) is 34.7. The Labute approximate surface area is 189 Å². The van der Waals surface area contributed by atoms with Gasteiger partial charge in [0.15, 0.2) is 0 Å². The van der Waals surface area contributed by atoms with E-state index in [0.717, 1.165) is 37.6 Å². The van der Waals surface area contributed by atoms with Gasteiger partial charge in [0.1, 0.15) is 11.5 Å². The van der Waals surface area contributed by atoms with Crippen LogP contribution in [0.5, 0.6) is 11.5 Å². The van der Waals surface area contributed by atoms with Gasteiger partial charge in [-0.15, -0.1) is 0 Å². The van der Waals surface area contributed by atoms with Gasteiger partial charge in [0.05, 0.1) is 13.2 Å². The van der Waals surface area contributed by atoms with Crippen LogP contribution in [0.1, 0.15) is 34.1 Å². The molecule has 0 bridgehead atoms. The Morgan fingerprint density at radius 3 is 2.03 bits per heavy atom. The Hall–Kier alpha value is -3.52. The fraction of sp³-hybridized carbons (Fsp3) is 0.200. The molecule has 0 saturated carbocycles. The van der Waals surface area contributed by atoms with Crippen LogP contribution in [0.25, 0.3) is 11.1 Å². The molecule has 2 unspecified atom stereocenters. The molecule has 2 nitrogen and oxygen atoms in total. The lowest BCUT2D eigenvalue weighted by Crippen LogP contribution is -2.19. The quantitative estimate of drug-likeness (QED) is 0.365. The van der Waals surface area contributed by atoms with Crippen molar-refractivity contribution in [2.45, 2.75) is 24.7 Å². The van der Waals surface area contributed by atoms with Crippen molar-refractivity contribution in [1.29, 1.82) is 0 Å². The zero-order valence-corrected chi connectivity index (χ0v) is 18.0. The van der Waals surface area contributed by atoms with E-state index >= 15 is 0 Å². The molecule has 0 aromatic heterocycles. The summed E-state index contributed by atoms with van der Waals surface area (Å²) in [4.78, 5) is 0. The van der Waals surface area contributed by atoms with Gasteiger partial charge in [-0.05, 0) is 64.4 Å². The van der Waals surface area contributed by atoms with Gasteiger partial charge in [-0.25, -0.2) is 0 Å². The second kappa shape index (κ2) is 8.20. The van der Waals surface area contributed by atoms with Crippen molar-refractivity contribution in [2.24, 2.45) is 0 Å². The number of fused-ring (bicyclic) bond motifs is 2. The van der Waals surface area contributed by atoms with E-state index in [1.54, 1.807) is 0 Å². The maximum Gasteiger partial charge on any atom is 0.122 e. The monoisotopic (exact) mass is 418 g/mol. The first kappa shape index (κ1) is 19.2. The standard InChI is InChI=1S/C30H26O2/c1-2-7-21(8-3-1)27-18-26-16-24(13-14-30(26)32-19-27)22-10-6-11-23(15-22)28-17-25-9-4-5-12-29(25)31-20-28/h1-16,27-28H,17-20H2. The van der Waals surface area contributed by atoms with Crippen molar-refractivity contribution < 1.29 is 9.47 Å². The zero-order chi connectivity index (χ0) is 21.3. The molecular formula is C30H26O2. The fourth-order valence-electron chi connectivity index (χ4n) is 5.03. The molecule has 0 aliphatic carbocycles. The molecule has 0 amide bonds. The van der Waals surface area contributed by atoms with E-state index in [9.17, 15) is 0 Å². The highest BCUT2D eigenvalue weighted by Crippen LogP contribution is 2.37. The van der Waals surface area contributed by atoms with E-state index in [0.29, 0.717) is 11.8 Å². The zero-order valence-electron chi connectivity index (χ0n) is 18.0. The van der Waals surface area contributed by atoms with Crippen LogP contribution in [0.15, 0.2) is 97.1 Å². The Balaban J connectivity index is 1.27. The highest BCUT2D eigenvalue weighted by Gasteiger charge is 2.23. The van der Waals surface area contributed by atoms with Crippen molar-refractivity contribution >= 4 is 0 Å². The molecule has 4 aromatic rings. The molecule has 2 heterocycles. The molecule has 0 radical (unpaired) electrons. The van der Waals surface area contributed by atoms with E-state index < -0.39 is 0 Å². The predicted molar refractivity (Wildman–Crippen MR) is 129 cm³/mol. The molecule has 158 valence electrons. The highest BCUT2D eigenvalue weighted by molar-refractivity contribution is 5.67. The van der Waals surface area contributed by atoms with Crippen LogP contribution < -0.4 is 9.47 Å². The molecular weight excluding hydrogens is 392 g/mol. The van der Waals surface area contributed by atoms with Crippen molar-refractivity contribution in [1.82, 2.24) is 0 Å². The first-order valence-corrected chi connectivity index (χ1v) is 11.5. The topological polar surface area (TPSA) is 18.5 Å².